The number of benzene rings is 1. The highest BCUT2D eigenvalue weighted by Gasteiger charge is 2.86. The molecule has 1 aromatic carbocycles. The first kappa shape index (κ1) is 23.6. The average Bonchev–Trinajstić information content (AvgIpc) is 3.70. The van der Waals surface area contributed by atoms with E-state index in [2.05, 4.69) is 25.4 Å². The van der Waals surface area contributed by atoms with Crippen molar-refractivity contribution in [2.75, 3.05) is 5.32 Å². The number of pyridine rings is 1. The maximum Gasteiger partial charge on any atom is 0.248 e. The van der Waals surface area contributed by atoms with Gasteiger partial charge in [-0.1, -0.05) is 12.1 Å². The fourth-order valence-corrected chi connectivity index (χ4v) is 6.41. The summed E-state index contributed by atoms with van der Waals surface area (Å²) in [6.07, 6.45) is 5.09. The number of carbonyl (C=O) groups excluding carboxylic acids is 3. The summed E-state index contributed by atoms with van der Waals surface area (Å²) in [7, 11) is 0. The highest BCUT2D eigenvalue weighted by atomic mass is 16.2. The van der Waals surface area contributed by atoms with Gasteiger partial charge in [-0.15, -0.1) is 0 Å². The zero-order chi connectivity index (χ0) is 27.1. The van der Waals surface area contributed by atoms with Crippen LogP contribution in [-0.4, -0.2) is 58.8 Å². The molecule has 4 aromatic rings. The number of likely N-dealkylation sites (tertiary alicyclic amines) is 1. The second-order valence-corrected chi connectivity index (χ2v) is 10.9. The summed E-state index contributed by atoms with van der Waals surface area (Å²) >= 11 is 0. The minimum Gasteiger partial charge on any atom is -0.323 e. The Morgan fingerprint density at radius 2 is 1.85 bits per heavy atom. The van der Waals surface area contributed by atoms with Crippen LogP contribution in [0.1, 0.15) is 41.8 Å². The van der Waals surface area contributed by atoms with Crippen LogP contribution in [0.15, 0.2) is 48.8 Å². The number of aromatic nitrogens is 5. The van der Waals surface area contributed by atoms with Crippen LogP contribution >= 0.6 is 0 Å². The van der Waals surface area contributed by atoms with E-state index < -0.39 is 6.04 Å². The topological polar surface area (TPSA) is 123 Å². The lowest BCUT2D eigenvalue weighted by Crippen LogP contribution is -2.48. The Morgan fingerprint density at radius 3 is 2.56 bits per heavy atom. The number of rotatable bonds is 6. The van der Waals surface area contributed by atoms with Crippen LogP contribution in [-0.2, 0) is 16.1 Å². The Hall–Kier alpha value is -4.47. The molecule has 2 saturated carbocycles. The van der Waals surface area contributed by atoms with E-state index in [1.807, 2.05) is 44.2 Å². The van der Waals surface area contributed by atoms with Crippen molar-refractivity contribution >= 4 is 34.3 Å². The zero-order valence-corrected chi connectivity index (χ0v) is 21.9. The maximum absolute atomic E-state index is 13.8. The molecule has 2 amide bonds. The Bertz CT molecular complexity index is 1700. The first-order valence-corrected chi connectivity index (χ1v) is 13.1. The van der Waals surface area contributed by atoms with Gasteiger partial charge < -0.3 is 10.2 Å². The van der Waals surface area contributed by atoms with Gasteiger partial charge in [0, 0.05) is 36.0 Å². The SMILES string of the molecule is CC(=O)c1nn(CC(=O)N2C(C(=O)Nc3cccc(C)n3)CC3C4CC342)c2ccc(-c3cnc(C)nc3)cc12. The molecule has 1 saturated heterocycles. The summed E-state index contributed by atoms with van der Waals surface area (Å²) in [6, 6.07) is 10.6. The van der Waals surface area contributed by atoms with E-state index in [-0.39, 0.29) is 29.7 Å². The quantitative estimate of drug-likeness (QED) is 0.386. The Balaban J connectivity index is 1.18. The van der Waals surface area contributed by atoms with Gasteiger partial charge in [-0.2, -0.15) is 5.10 Å². The summed E-state index contributed by atoms with van der Waals surface area (Å²) < 4.78 is 1.59. The van der Waals surface area contributed by atoms with Crippen LogP contribution in [0.25, 0.3) is 22.0 Å². The van der Waals surface area contributed by atoms with Crippen molar-refractivity contribution in [3.63, 3.8) is 0 Å². The number of hydrogen-bond donors (Lipinski definition) is 1. The van der Waals surface area contributed by atoms with Crippen molar-refractivity contribution in [2.24, 2.45) is 11.8 Å². The first-order chi connectivity index (χ1) is 18.8. The fourth-order valence-electron chi connectivity index (χ4n) is 6.41. The number of piperidine rings is 1. The molecular formula is C29H27N7O3. The monoisotopic (exact) mass is 521 g/mol. The van der Waals surface area contributed by atoms with E-state index in [0.717, 1.165) is 23.2 Å². The standard InChI is InChI=1S/C29H27N7O3/c1-15-5-4-6-25(32-15)33-28(39)24-10-21-22-11-29(21,22)36(24)26(38)14-35-23-8-7-18(19-12-30-17(3)31-13-19)9-20(23)27(34-35)16(2)37/h4-9,12-13,21-22,24H,10-11,14H2,1-3H3,(H,32,33,39). The molecular weight excluding hydrogens is 494 g/mol. The van der Waals surface area contributed by atoms with Gasteiger partial charge in [-0.3, -0.25) is 19.1 Å². The molecule has 1 spiro atoms. The van der Waals surface area contributed by atoms with Crippen LogP contribution in [0.3, 0.4) is 0 Å². The number of aryl methyl sites for hydroxylation is 2. The summed E-state index contributed by atoms with van der Waals surface area (Å²) in [4.78, 5) is 54.3. The lowest BCUT2D eigenvalue weighted by atomic mass is 10.0. The van der Waals surface area contributed by atoms with Crippen molar-refractivity contribution in [2.45, 2.75) is 51.7 Å². The molecule has 10 heteroatoms. The Labute approximate surface area is 224 Å². The largest absolute Gasteiger partial charge is 0.323 e. The van der Waals surface area contributed by atoms with Gasteiger partial charge in [0.1, 0.15) is 29.9 Å². The molecule has 3 fully saturated rings. The molecule has 0 bridgehead atoms. The van der Waals surface area contributed by atoms with Gasteiger partial charge in [0.2, 0.25) is 11.8 Å². The molecule has 7 rings (SSSR count). The van der Waals surface area contributed by atoms with Crippen LogP contribution in [0.5, 0.6) is 0 Å². The Kier molecular flexibility index (Phi) is 5.01. The highest BCUT2D eigenvalue weighted by Crippen LogP contribution is 2.80. The number of ketones is 1. The molecule has 3 aromatic heterocycles. The second kappa shape index (κ2) is 8.26. The molecule has 39 heavy (non-hydrogen) atoms. The van der Waals surface area contributed by atoms with Gasteiger partial charge in [0.05, 0.1) is 11.1 Å². The Morgan fingerprint density at radius 1 is 1.05 bits per heavy atom. The van der Waals surface area contributed by atoms with Crippen LogP contribution < -0.4 is 5.32 Å². The van der Waals surface area contributed by atoms with Crippen molar-refractivity contribution in [1.29, 1.82) is 0 Å². The summed E-state index contributed by atoms with van der Waals surface area (Å²) in [5.41, 5.74) is 3.29. The van der Waals surface area contributed by atoms with E-state index >= 15 is 0 Å². The van der Waals surface area contributed by atoms with E-state index in [1.165, 1.54) is 6.92 Å². The number of Topliss-reactive ketones (excluding diaryl/α,β-unsaturated/α-hetero) is 1. The van der Waals surface area contributed by atoms with E-state index in [4.69, 9.17) is 0 Å². The first-order valence-electron chi connectivity index (χ1n) is 13.1. The van der Waals surface area contributed by atoms with Crippen molar-refractivity contribution in [3.05, 3.63) is 66.0 Å². The van der Waals surface area contributed by atoms with Gasteiger partial charge in [-0.25, -0.2) is 15.0 Å². The lowest BCUT2D eigenvalue weighted by molar-refractivity contribution is -0.139. The third kappa shape index (κ3) is 3.65. The minimum atomic E-state index is -0.550. The van der Waals surface area contributed by atoms with Crippen molar-refractivity contribution in [1.82, 2.24) is 29.6 Å². The van der Waals surface area contributed by atoms with Crippen molar-refractivity contribution in [3.8, 4) is 11.1 Å². The van der Waals surface area contributed by atoms with Gasteiger partial charge >= 0.3 is 0 Å². The van der Waals surface area contributed by atoms with Gasteiger partial charge in [0.25, 0.3) is 0 Å². The minimum absolute atomic E-state index is 0.0512. The highest BCUT2D eigenvalue weighted by molar-refractivity contribution is 6.06. The summed E-state index contributed by atoms with van der Waals surface area (Å²) in [5, 5.41) is 8.12. The third-order valence-corrected chi connectivity index (χ3v) is 8.48. The molecule has 4 unspecified atom stereocenters. The van der Waals surface area contributed by atoms with Crippen molar-refractivity contribution < 1.29 is 14.4 Å². The second-order valence-electron chi connectivity index (χ2n) is 10.9. The number of anilines is 1. The van der Waals surface area contributed by atoms with Crippen LogP contribution in [0.2, 0.25) is 0 Å². The summed E-state index contributed by atoms with van der Waals surface area (Å²) in [5.74, 6) is 1.47. The number of carbonyl (C=O) groups is 3. The van der Waals surface area contributed by atoms with E-state index in [9.17, 15) is 14.4 Å². The van der Waals surface area contributed by atoms with Crippen LogP contribution in [0.4, 0.5) is 5.82 Å². The molecule has 2 aliphatic carbocycles. The molecule has 196 valence electrons. The van der Waals surface area contributed by atoms with E-state index in [1.54, 1.807) is 28.0 Å². The number of fused-ring (bicyclic) bond motifs is 2. The average molecular weight is 522 g/mol. The van der Waals surface area contributed by atoms with E-state index in [0.29, 0.717) is 46.5 Å². The molecule has 1 N–H and O–H groups in total. The number of nitrogens with zero attached hydrogens (tertiary/aromatic N) is 6. The summed E-state index contributed by atoms with van der Waals surface area (Å²) in [6.45, 7) is 5.11. The fraction of sp³-hybridized carbons (Fsp3) is 0.345. The third-order valence-electron chi connectivity index (χ3n) is 8.48. The molecule has 0 radical (unpaired) electrons. The lowest BCUT2D eigenvalue weighted by Gasteiger charge is -2.28. The van der Waals surface area contributed by atoms with Gasteiger partial charge in [0.15, 0.2) is 5.78 Å². The van der Waals surface area contributed by atoms with Crippen LogP contribution in [0, 0.1) is 25.7 Å². The predicted molar refractivity (Wildman–Crippen MR) is 143 cm³/mol. The molecule has 1 aliphatic heterocycles. The normalized spacial score (nSPS) is 24.3. The molecule has 3 aliphatic rings. The molecule has 4 heterocycles. The smallest absolute Gasteiger partial charge is 0.248 e. The number of nitrogens with one attached hydrogen (secondary N) is 1. The number of hydrogen-bond acceptors (Lipinski definition) is 7. The molecule has 10 nitrogen and oxygen atoms in total. The predicted octanol–water partition coefficient (Wildman–Crippen LogP) is 3.34. The number of amides is 2. The zero-order valence-electron chi connectivity index (χ0n) is 21.9. The van der Waals surface area contributed by atoms with Gasteiger partial charge in [-0.05, 0) is 68.4 Å². The molecule has 4 atom stereocenters. The maximum atomic E-state index is 13.8.